The molecule has 0 bridgehead atoms. The second kappa shape index (κ2) is 9.18. The predicted octanol–water partition coefficient (Wildman–Crippen LogP) is 8.39. The van der Waals surface area contributed by atoms with Crippen LogP contribution in [0.5, 0.6) is 0 Å². The van der Waals surface area contributed by atoms with Crippen LogP contribution in [0, 0.1) is 0 Å². The summed E-state index contributed by atoms with van der Waals surface area (Å²) >= 11 is 6.17. The van der Waals surface area contributed by atoms with E-state index in [1.165, 1.54) is 78.9 Å². The zero-order valence-corrected chi connectivity index (χ0v) is 20.7. The zero-order chi connectivity index (χ0) is 29.1. The van der Waals surface area contributed by atoms with Gasteiger partial charge in [0, 0.05) is 22.5 Å². The molecule has 12 heteroatoms. The summed E-state index contributed by atoms with van der Waals surface area (Å²) in [7, 11) is 0. The lowest BCUT2D eigenvalue weighted by atomic mass is 9.53. The fraction of sp³-hybridized carbons (Fsp3) is 0.296. The first-order chi connectivity index (χ1) is 17.9. The first-order valence-electron chi connectivity index (χ1n) is 11.4. The molecule has 1 aliphatic rings. The van der Waals surface area contributed by atoms with Crippen molar-refractivity contribution in [2.45, 2.75) is 48.1 Å². The molecule has 2 unspecified atom stereocenters. The highest BCUT2D eigenvalue weighted by Gasteiger charge is 2.82. The van der Waals surface area contributed by atoms with Gasteiger partial charge in [-0.2, -0.15) is 39.5 Å². The number of anilines is 1. The Morgan fingerprint density at radius 1 is 0.769 bits per heavy atom. The molecule has 39 heavy (non-hydrogen) atoms. The lowest BCUT2D eigenvalue weighted by Crippen LogP contribution is -2.64. The van der Waals surface area contributed by atoms with Gasteiger partial charge < -0.3 is 5.32 Å². The number of nitrogens with one attached hydrogen (secondary N) is 1. The molecule has 0 saturated heterocycles. The molecule has 1 amide bonds. The van der Waals surface area contributed by atoms with Gasteiger partial charge >= 0.3 is 23.9 Å². The summed E-state index contributed by atoms with van der Waals surface area (Å²) < 4.78 is 127. The average molecular weight is 580 g/mol. The molecule has 3 aromatic rings. The van der Waals surface area contributed by atoms with Crippen LogP contribution >= 0.6 is 11.6 Å². The van der Waals surface area contributed by atoms with E-state index in [1.54, 1.807) is 0 Å². The second-order valence-electron chi connectivity index (χ2n) is 9.49. The van der Waals surface area contributed by atoms with Crippen LogP contribution in [0.1, 0.15) is 30.0 Å². The van der Waals surface area contributed by atoms with E-state index in [4.69, 9.17) is 11.6 Å². The molecule has 1 heterocycles. The molecule has 2 nitrogen and oxygen atoms in total. The van der Waals surface area contributed by atoms with Gasteiger partial charge in [-0.3, -0.25) is 4.79 Å². The van der Waals surface area contributed by atoms with Crippen LogP contribution in [0.3, 0.4) is 0 Å². The molecule has 3 aromatic carbocycles. The number of carbonyl (C=O) groups is 1. The minimum Gasteiger partial charge on any atom is -0.325 e. The lowest BCUT2D eigenvalue weighted by Gasteiger charge is -2.48. The van der Waals surface area contributed by atoms with E-state index in [9.17, 15) is 35.5 Å². The maximum absolute atomic E-state index is 15.4. The Bertz CT molecular complexity index is 1380. The predicted molar refractivity (Wildman–Crippen MR) is 127 cm³/mol. The second-order valence-corrected chi connectivity index (χ2v) is 9.92. The normalized spacial score (nSPS) is 19.8. The van der Waals surface area contributed by atoms with Crippen molar-refractivity contribution in [1.82, 2.24) is 0 Å². The van der Waals surface area contributed by atoms with Gasteiger partial charge in [0.2, 0.25) is 5.91 Å². The Balaban J connectivity index is 2.08. The van der Waals surface area contributed by atoms with Crippen molar-refractivity contribution in [3.63, 3.8) is 0 Å². The average Bonchev–Trinajstić information content (AvgIpc) is 3.16. The Morgan fingerprint density at radius 2 is 1.31 bits per heavy atom. The fourth-order valence-electron chi connectivity index (χ4n) is 5.34. The van der Waals surface area contributed by atoms with E-state index in [2.05, 4.69) is 5.32 Å². The van der Waals surface area contributed by atoms with Crippen molar-refractivity contribution in [2.75, 3.05) is 5.32 Å². The first kappa shape index (κ1) is 28.8. The number of amides is 1. The molecule has 0 aromatic heterocycles. The summed E-state index contributed by atoms with van der Waals surface area (Å²) in [5, 5.41) is 2.54. The number of benzene rings is 3. The molecular formula is C27H19ClF9NO. The standard InChI is InChI=1S/C27H19ClF9NO/c1-22(16-8-4-2-5-9-16,15-23(29,30)25(31,32)26(33,34)27(35,36)37)24(17-10-6-3-7-11-17)19-14-18(28)12-13-20(19)38-21(24)39/h2-14H,15H2,1H3,(H,38,39). The SMILES string of the molecule is CC(CC(F)(F)C(F)(F)C(F)(F)C(F)(F)F)(c1ccccc1)C1(c2ccccc2)C(=O)Nc2ccc(Cl)cc21. The summed E-state index contributed by atoms with van der Waals surface area (Å²) in [5.41, 5.74) is -5.02. The van der Waals surface area contributed by atoms with Gasteiger partial charge in [0.25, 0.3) is 0 Å². The summed E-state index contributed by atoms with van der Waals surface area (Å²) in [5.74, 6) is -20.9. The summed E-state index contributed by atoms with van der Waals surface area (Å²) in [6.07, 6.45) is -9.26. The number of hydrogen-bond acceptors (Lipinski definition) is 1. The Hall–Kier alpha value is -3.21. The maximum Gasteiger partial charge on any atom is 0.460 e. The number of alkyl halides is 9. The van der Waals surface area contributed by atoms with Crippen LogP contribution in [0.15, 0.2) is 78.9 Å². The quantitative estimate of drug-likeness (QED) is 0.280. The molecule has 0 fully saturated rings. The Morgan fingerprint density at radius 3 is 1.85 bits per heavy atom. The topological polar surface area (TPSA) is 29.1 Å². The zero-order valence-electron chi connectivity index (χ0n) is 19.9. The van der Waals surface area contributed by atoms with Gasteiger partial charge in [-0.25, -0.2) is 0 Å². The van der Waals surface area contributed by atoms with Crippen LogP contribution in [0.25, 0.3) is 0 Å². The van der Waals surface area contributed by atoms with Crippen molar-refractivity contribution >= 4 is 23.2 Å². The van der Waals surface area contributed by atoms with Gasteiger partial charge in [-0.1, -0.05) is 79.2 Å². The maximum atomic E-state index is 15.4. The van der Waals surface area contributed by atoms with Gasteiger partial charge in [-0.05, 0) is 34.9 Å². The fourth-order valence-corrected chi connectivity index (χ4v) is 5.51. The van der Waals surface area contributed by atoms with Crippen LogP contribution in [0.4, 0.5) is 45.2 Å². The molecule has 0 aliphatic carbocycles. The molecular weight excluding hydrogens is 561 g/mol. The van der Waals surface area contributed by atoms with Crippen LogP contribution in [0.2, 0.25) is 5.02 Å². The number of rotatable bonds is 7. The minimum atomic E-state index is -7.08. The Labute approximate surface area is 221 Å². The monoisotopic (exact) mass is 579 g/mol. The van der Waals surface area contributed by atoms with Crippen molar-refractivity contribution in [3.8, 4) is 0 Å². The van der Waals surface area contributed by atoms with Gasteiger partial charge in [0.05, 0.1) is 0 Å². The van der Waals surface area contributed by atoms with Gasteiger partial charge in [0.15, 0.2) is 0 Å². The van der Waals surface area contributed by atoms with Crippen molar-refractivity contribution < 1.29 is 44.3 Å². The number of halogens is 10. The third-order valence-corrected chi connectivity index (χ3v) is 7.44. The lowest BCUT2D eigenvalue weighted by molar-refractivity contribution is -0.398. The van der Waals surface area contributed by atoms with Crippen molar-refractivity contribution in [2.24, 2.45) is 0 Å². The minimum absolute atomic E-state index is 0.00318. The summed E-state index contributed by atoms with van der Waals surface area (Å²) in [6.45, 7) is 0.959. The number of fused-ring (bicyclic) bond motifs is 1. The molecule has 208 valence electrons. The van der Waals surface area contributed by atoms with Crippen molar-refractivity contribution in [1.29, 1.82) is 0 Å². The molecule has 0 radical (unpaired) electrons. The van der Waals surface area contributed by atoms with E-state index < -0.39 is 47.1 Å². The number of hydrogen-bond donors (Lipinski definition) is 1. The van der Waals surface area contributed by atoms with Crippen LogP contribution in [-0.2, 0) is 15.6 Å². The third-order valence-electron chi connectivity index (χ3n) is 7.21. The highest BCUT2D eigenvalue weighted by molar-refractivity contribution is 6.31. The molecule has 0 saturated carbocycles. The van der Waals surface area contributed by atoms with Crippen LogP contribution < -0.4 is 5.32 Å². The number of carbonyl (C=O) groups excluding carboxylic acids is 1. The molecule has 1 aliphatic heterocycles. The molecule has 0 spiro atoms. The Kier molecular flexibility index (Phi) is 6.77. The van der Waals surface area contributed by atoms with Gasteiger partial charge in [-0.15, -0.1) is 0 Å². The summed E-state index contributed by atoms with van der Waals surface area (Å²) in [6, 6.07) is 17.6. The largest absolute Gasteiger partial charge is 0.460 e. The van der Waals surface area contributed by atoms with E-state index >= 15 is 8.78 Å². The van der Waals surface area contributed by atoms with Crippen LogP contribution in [-0.4, -0.2) is 29.9 Å². The molecule has 2 atom stereocenters. The van der Waals surface area contributed by atoms with Crippen molar-refractivity contribution in [3.05, 3.63) is 101 Å². The summed E-state index contributed by atoms with van der Waals surface area (Å²) in [4.78, 5) is 13.9. The third kappa shape index (κ3) is 4.08. The van der Waals surface area contributed by atoms with E-state index in [1.807, 2.05) is 0 Å². The highest BCUT2D eigenvalue weighted by Crippen LogP contribution is 2.62. The first-order valence-corrected chi connectivity index (χ1v) is 11.7. The highest BCUT2D eigenvalue weighted by atomic mass is 35.5. The molecule has 4 rings (SSSR count). The smallest absolute Gasteiger partial charge is 0.325 e. The molecule has 1 N–H and O–H groups in total. The van der Waals surface area contributed by atoms with E-state index in [0.29, 0.717) is 0 Å². The van der Waals surface area contributed by atoms with E-state index in [-0.39, 0.29) is 27.4 Å². The van der Waals surface area contributed by atoms with E-state index in [0.717, 1.165) is 6.92 Å². The van der Waals surface area contributed by atoms with Gasteiger partial charge in [0.1, 0.15) is 5.41 Å².